The zero-order valence-corrected chi connectivity index (χ0v) is 26.8. The summed E-state index contributed by atoms with van der Waals surface area (Å²) in [6.07, 6.45) is 7.40. The van der Waals surface area contributed by atoms with Crippen molar-refractivity contribution in [2.24, 2.45) is 11.8 Å². The van der Waals surface area contributed by atoms with E-state index in [4.69, 9.17) is 14.6 Å². The number of carboxylic acid groups (broad SMARTS) is 1. The van der Waals surface area contributed by atoms with Crippen molar-refractivity contribution in [1.82, 2.24) is 14.7 Å². The van der Waals surface area contributed by atoms with Gasteiger partial charge < -0.3 is 19.6 Å². The van der Waals surface area contributed by atoms with Crippen LogP contribution in [0.25, 0.3) is 0 Å². The van der Waals surface area contributed by atoms with E-state index in [0.717, 1.165) is 58.3 Å². The van der Waals surface area contributed by atoms with Crippen molar-refractivity contribution in [3.05, 3.63) is 35.1 Å². The zero-order chi connectivity index (χ0) is 34.4. The number of amides is 2. The van der Waals surface area contributed by atoms with Gasteiger partial charge in [-0.05, 0) is 38.0 Å². The number of halogens is 6. The quantitative estimate of drug-likeness (QED) is 0.312. The number of rotatable bonds is 7. The minimum atomic E-state index is -5.08. The molecular weight excluding hydrogens is 632 g/mol. The molecule has 3 heterocycles. The molecule has 0 radical (unpaired) electrons. The number of carbonyl (C=O) groups is 3. The van der Waals surface area contributed by atoms with E-state index in [1.54, 1.807) is 0 Å². The third-order valence-electron chi connectivity index (χ3n) is 10.2. The lowest BCUT2D eigenvalue weighted by Crippen LogP contribution is -2.61. The molecule has 1 aromatic carbocycles. The van der Waals surface area contributed by atoms with Gasteiger partial charge in [0.1, 0.15) is 28.6 Å². The second-order valence-corrected chi connectivity index (χ2v) is 13.3. The maximum atomic E-state index is 14.2. The van der Waals surface area contributed by atoms with E-state index < -0.39 is 46.7 Å². The molecule has 14 heteroatoms. The second-order valence-electron chi connectivity index (χ2n) is 13.3. The van der Waals surface area contributed by atoms with Crippen LogP contribution < -0.4 is 0 Å². The molecule has 1 N–H and O–H groups in total. The SMILES string of the molecule is CCCCC1CN(CC2CCCCC2)C(=O)OC12CCN(C1CCN(C(=O)c3c(F)cc(F)cc3F)CC1)CC2.O=C(O)C(F)(F)F. The van der Waals surface area contributed by atoms with Gasteiger partial charge in [0.2, 0.25) is 0 Å². The first kappa shape index (κ1) is 36.8. The van der Waals surface area contributed by atoms with E-state index in [2.05, 4.69) is 11.8 Å². The maximum Gasteiger partial charge on any atom is 0.490 e. The van der Waals surface area contributed by atoms with Crippen LogP contribution in [0.4, 0.5) is 31.1 Å². The summed E-state index contributed by atoms with van der Waals surface area (Å²) in [5.41, 5.74) is -1.09. The van der Waals surface area contributed by atoms with Gasteiger partial charge in [0.05, 0.1) is 0 Å². The Morgan fingerprint density at radius 2 is 1.53 bits per heavy atom. The van der Waals surface area contributed by atoms with Crippen LogP contribution >= 0.6 is 0 Å². The second kappa shape index (κ2) is 15.9. The molecule has 1 atom stereocenters. The molecule has 4 fully saturated rings. The highest BCUT2D eigenvalue weighted by atomic mass is 19.4. The Hall–Kier alpha value is -3.03. The number of alkyl halides is 3. The fourth-order valence-corrected chi connectivity index (χ4v) is 7.58. The van der Waals surface area contributed by atoms with E-state index in [-0.39, 0.29) is 12.1 Å². The smallest absolute Gasteiger partial charge is 0.475 e. The van der Waals surface area contributed by atoms with Gasteiger partial charge in [-0.2, -0.15) is 13.2 Å². The average molecular weight is 678 g/mol. The van der Waals surface area contributed by atoms with Gasteiger partial charge in [-0.25, -0.2) is 22.8 Å². The molecule has 1 saturated carbocycles. The summed E-state index contributed by atoms with van der Waals surface area (Å²) in [5, 5.41) is 7.12. The van der Waals surface area contributed by atoms with Crippen molar-refractivity contribution >= 4 is 18.0 Å². The van der Waals surface area contributed by atoms with Crippen molar-refractivity contribution in [3.8, 4) is 0 Å². The molecule has 3 aliphatic heterocycles. The highest BCUT2D eigenvalue weighted by Crippen LogP contribution is 2.42. The van der Waals surface area contributed by atoms with Gasteiger partial charge in [0.15, 0.2) is 0 Å². The van der Waals surface area contributed by atoms with E-state index in [1.165, 1.54) is 37.0 Å². The Balaban J connectivity index is 0.000000644. The van der Waals surface area contributed by atoms with Crippen LogP contribution in [0.1, 0.15) is 94.3 Å². The predicted molar refractivity (Wildman–Crippen MR) is 160 cm³/mol. The van der Waals surface area contributed by atoms with Gasteiger partial charge in [0, 0.05) is 76.2 Å². The fourth-order valence-electron chi connectivity index (χ4n) is 7.58. The van der Waals surface area contributed by atoms with E-state index in [9.17, 15) is 35.9 Å². The van der Waals surface area contributed by atoms with Gasteiger partial charge in [-0.1, -0.05) is 39.0 Å². The first-order chi connectivity index (χ1) is 22.2. The van der Waals surface area contributed by atoms with Gasteiger partial charge >= 0.3 is 18.2 Å². The molecule has 5 rings (SSSR count). The summed E-state index contributed by atoms with van der Waals surface area (Å²) in [7, 11) is 0. The van der Waals surface area contributed by atoms with Crippen LogP contribution in [0.15, 0.2) is 12.1 Å². The molecular formula is C33H45F6N3O5. The Morgan fingerprint density at radius 3 is 2.06 bits per heavy atom. The highest BCUT2D eigenvalue weighted by Gasteiger charge is 2.50. The number of carbonyl (C=O) groups excluding carboxylic acids is 2. The molecule has 1 spiro atoms. The summed E-state index contributed by atoms with van der Waals surface area (Å²) in [6, 6.07) is 1.36. The van der Waals surface area contributed by atoms with Crippen molar-refractivity contribution in [2.75, 3.05) is 39.3 Å². The lowest BCUT2D eigenvalue weighted by molar-refractivity contribution is -0.192. The number of benzene rings is 1. The third kappa shape index (κ3) is 9.32. The number of unbranched alkanes of at least 4 members (excludes halogenated alkanes) is 1. The predicted octanol–water partition coefficient (Wildman–Crippen LogP) is 7.02. The largest absolute Gasteiger partial charge is 0.490 e. The van der Waals surface area contributed by atoms with Crippen LogP contribution in [0.3, 0.4) is 0 Å². The minimum absolute atomic E-state index is 0.140. The Kier molecular flexibility index (Phi) is 12.5. The maximum absolute atomic E-state index is 14.2. The van der Waals surface area contributed by atoms with Gasteiger partial charge in [-0.15, -0.1) is 0 Å². The van der Waals surface area contributed by atoms with Crippen LogP contribution in [0.2, 0.25) is 0 Å². The van der Waals surface area contributed by atoms with Crippen LogP contribution in [0, 0.1) is 29.3 Å². The summed E-state index contributed by atoms with van der Waals surface area (Å²) in [5.74, 6) is -5.91. The van der Waals surface area contributed by atoms with Gasteiger partial charge in [-0.3, -0.25) is 9.69 Å². The first-order valence-electron chi connectivity index (χ1n) is 16.7. The minimum Gasteiger partial charge on any atom is -0.475 e. The van der Waals surface area contributed by atoms with E-state index in [1.807, 2.05) is 4.90 Å². The molecule has 1 aromatic rings. The number of nitrogens with zero attached hydrogens (tertiary/aromatic N) is 3. The first-order valence-corrected chi connectivity index (χ1v) is 16.7. The summed E-state index contributed by atoms with van der Waals surface area (Å²) in [4.78, 5) is 40.8. The molecule has 4 aliphatic rings. The molecule has 2 amide bonds. The monoisotopic (exact) mass is 677 g/mol. The summed E-state index contributed by atoms with van der Waals surface area (Å²) in [6.45, 7) is 6.28. The Morgan fingerprint density at radius 1 is 0.957 bits per heavy atom. The molecule has 3 saturated heterocycles. The number of piperidine rings is 2. The van der Waals surface area contributed by atoms with Crippen molar-refractivity contribution in [3.63, 3.8) is 0 Å². The van der Waals surface area contributed by atoms with Crippen molar-refractivity contribution in [2.45, 2.75) is 102 Å². The Bertz CT molecular complexity index is 1220. The number of hydrogen-bond acceptors (Lipinski definition) is 5. The van der Waals surface area contributed by atoms with Crippen molar-refractivity contribution in [1.29, 1.82) is 0 Å². The Labute approximate surface area is 271 Å². The lowest BCUT2D eigenvalue weighted by Gasteiger charge is -2.52. The molecule has 0 bridgehead atoms. The van der Waals surface area contributed by atoms with Crippen molar-refractivity contribution < 1.29 is 50.6 Å². The molecule has 47 heavy (non-hydrogen) atoms. The van der Waals surface area contributed by atoms with Crippen LogP contribution in [-0.4, -0.2) is 94.9 Å². The number of hydrogen-bond donors (Lipinski definition) is 1. The van der Waals surface area contributed by atoms with Gasteiger partial charge in [0.25, 0.3) is 5.91 Å². The average Bonchev–Trinajstić information content (AvgIpc) is 3.02. The third-order valence-corrected chi connectivity index (χ3v) is 10.2. The molecule has 0 aromatic heterocycles. The van der Waals surface area contributed by atoms with E-state index in [0.29, 0.717) is 49.9 Å². The molecule has 264 valence electrons. The zero-order valence-electron chi connectivity index (χ0n) is 26.8. The normalized spacial score (nSPS) is 22.9. The number of ether oxygens (including phenoxy) is 1. The molecule has 1 aliphatic carbocycles. The summed E-state index contributed by atoms with van der Waals surface area (Å²) >= 11 is 0. The molecule has 1 unspecified atom stereocenters. The topological polar surface area (TPSA) is 90.4 Å². The van der Waals surface area contributed by atoms with Crippen LogP contribution in [-0.2, 0) is 9.53 Å². The standard InChI is InChI=1S/C31H44F3N3O3.C2HF3O2/c1-2-3-9-23-21-37(20-22-7-5-4-6-8-22)30(39)40-31(23)12-16-35(17-13-31)25-10-14-36(15-11-25)29(38)28-26(33)18-24(32)19-27(28)34;3-2(4,5)1(6)7/h18-19,22-23,25H,2-17,20-21H2,1H3;(H,6,7). The van der Waals surface area contributed by atoms with Crippen LogP contribution in [0.5, 0.6) is 0 Å². The lowest BCUT2D eigenvalue weighted by atomic mass is 9.75. The highest BCUT2D eigenvalue weighted by molar-refractivity contribution is 5.94. The number of likely N-dealkylation sites (tertiary alicyclic amines) is 2. The number of carboxylic acids is 1. The number of aliphatic carboxylic acids is 1. The fraction of sp³-hybridized carbons (Fsp3) is 0.727. The summed E-state index contributed by atoms with van der Waals surface area (Å²) < 4.78 is 79.7. The van der Waals surface area contributed by atoms with E-state index >= 15 is 0 Å². The molecule has 8 nitrogen and oxygen atoms in total.